The van der Waals surface area contributed by atoms with Gasteiger partial charge in [-0.1, -0.05) is 31.9 Å². The van der Waals surface area contributed by atoms with Gasteiger partial charge in [-0.15, -0.1) is 0 Å². The minimum absolute atomic E-state index is 0.0772. The van der Waals surface area contributed by atoms with Crippen LogP contribution < -0.4 is 15.1 Å². The molecule has 188 valence electrons. The van der Waals surface area contributed by atoms with Gasteiger partial charge in [0.1, 0.15) is 12.3 Å². The number of benzene rings is 1. The van der Waals surface area contributed by atoms with E-state index in [9.17, 15) is 9.59 Å². The standard InChI is InChI=1S/C27H37N5O3/c1-18(23(33)16-35-5)13-19-9-8-10-20(14-19)29-26-28-15-22-24(30-26)32(21-11-6-7-12-21)17-27(2,3)25(34)31(22)4/h8-10,14-15,18,21H,6-7,11-13,16-17H2,1-5H3,(H,28,29,30). The topological polar surface area (TPSA) is 87.7 Å². The quantitative estimate of drug-likeness (QED) is 0.602. The molecule has 4 rings (SSSR count). The van der Waals surface area contributed by atoms with Crippen molar-refractivity contribution in [1.82, 2.24) is 9.97 Å². The molecule has 1 N–H and O–H groups in total. The molecule has 35 heavy (non-hydrogen) atoms. The number of nitrogens with zero attached hydrogens (tertiary/aromatic N) is 4. The molecule has 1 unspecified atom stereocenters. The monoisotopic (exact) mass is 479 g/mol. The second-order valence-electron chi connectivity index (χ2n) is 10.5. The number of aromatic nitrogens is 2. The first-order valence-electron chi connectivity index (χ1n) is 12.5. The van der Waals surface area contributed by atoms with Crippen LogP contribution in [0.4, 0.5) is 23.1 Å². The van der Waals surface area contributed by atoms with E-state index in [2.05, 4.69) is 15.2 Å². The van der Waals surface area contributed by atoms with Crippen LogP contribution >= 0.6 is 0 Å². The van der Waals surface area contributed by atoms with Crippen molar-refractivity contribution in [2.75, 3.05) is 42.4 Å². The molecule has 0 spiro atoms. The first-order chi connectivity index (χ1) is 16.7. The molecular weight excluding hydrogens is 442 g/mol. The van der Waals surface area contributed by atoms with Gasteiger partial charge in [0.05, 0.1) is 11.6 Å². The number of hydrogen-bond donors (Lipinski definition) is 1. The van der Waals surface area contributed by atoms with Gasteiger partial charge in [0.25, 0.3) is 0 Å². The van der Waals surface area contributed by atoms with Crippen LogP contribution in [0, 0.1) is 11.3 Å². The maximum absolute atomic E-state index is 13.2. The zero-order chi connectivity index (χ0) is 25.2. The highest BCUT2D eigenvalue weighted by atomic mass is 16.5. The Morgan fingerprint density at radius 3 is 2.74 bits per heavy atom. The van der Waals surface area contributed by atoms with Crippen LogP contribution in [0.5, 0.6) is 0 Å². The minimum atomic E-state index is -0.517. The number of rotatable bonds is 8. The third-order valence-corrected chi connectivity index (χ3v) is 7.16. The Morgan fingerprint density at radius 2 is 2.03 bits per heavy atom. The largest absolute Gasteiger partial charge is 0.377 e. The Labute approximate surface area is 208 Å². The molecule has 2 aliphatic rings. The van der Waals surface area contributed by atoms with Gasteiger partial charge >= 0.3 is 0 Å². The fourth-order valence-electron chi connectivity index (χ4n) is 5.18. The molecule has 1 aromatic heterocycles. The first-order valence-corrected chi connectivity index (χ1v) is 12.5. The van der Waals surface area contributed by atoms with Crippen molar-refractivity contribution in [2.45, 2.75) is 58.9 Å². The van der Waals surface area contributed by atoms with E-state index in [0.717, 1.165) is 35.6 Å². The van der Waals surface area contributed by atoms with Gasteiger partial charge in [-0.05, 0) is 50.8 Å². The second kappa shape index (κ2) is 10.3. The summed E-state index contributed by atoms with van der Waals surface area (Å²) in [5.41, 5.74) is 2.15. The molecule has 1 amide bonds. The number of ether oxygens (including phenoxy) is 1. The number of fused-ring (bicyclic) bond motifs is 1. The van der Waals surface area contributed by atoms with Gasteiger partial charge in [-0.2, -0.15) is 4.98 Å². The highest BCUT2D eigenvalue weighted by molar-refractivity contribution is 6.00. The van der Waals surface area contributed by atoms with E-state index < -0.39 is 5.41 Å². The lowest BCUT2D eigenvalue weighted by Gasteiger charge is -2.34. The molecule has 0 bridgehead atoms. The van der Waals surface area contributed by atoms with Crippen molar-refractivity contribution in [1.29, 1.82) is 0 Å². The van der Waals surface area contributed by atoms with Crippen LogP contribution in [-0.4, -0.2) is 55.0 Å². The van der Waals surface area contributed by atoms with Gasteiger partial charge in [0.15, 0.2) is 11.6 Å². The van der Waals surface area contributed by atoms with Crippen molar-refractivity contribution in [3.8, 4) is 0 Å². The van der Waals surface area contributed by atoms with Crippen LogP contribution in [0.1, 0.15) is 52.0 Å². The Bertz CT molecular complexity index is 1080. The summed E-state index contributed by atoms with van der Waals surface area (Å²) in [4.78, 5) is 38.8. The van der Waals surface area contributed by atoms with Gasteiger partial charge in [-0.3, -0.25) is 9.59 Å². The molecular formula is C27H37N5O3. The maximum atomic E-state index is 13.2. The predicted octanol–water partition coefficient (Wildman–Crippen LogP) is 4.37. The zero-order valence-corrected chi connectivity index (χ0v) is 21.5. The van der Waals surface area contributed by atoms with Gasteiger partial charge in [-0.25, -0.2) is 4.98 Å². The molecule has 0 radical (unpaired) electrons. The van der Waals surface area contributed by atoms with E-state index >= 15 is 0 Å². The van der Waals surface area contributed by atoms with Crippen molar-refractivity contribution in [2.24, 2.45) is 11.3 Å². The number of ketones is 1. The lowest BCUT2D eigenvalue weighted by molar-refractivity contribution is -0.126. The average molecular weight is 480 g/mol. The fourth-order valence-corrected chi connectivity index (χ4v) is 5.18. The molecule has 1 saturated carbocycles. The number of anilines is 4. The Hall–Kier alpha value is -3.00. The average Bonchev–Trinajstić information content (AvgIpc) is 3.34. The van der Waals surface area contributed by atoms with Crippen LogP contribution in [0.3, 0.4) is 0 Å². The molecule has 8 heteroatoms. The summed E-state index contributed by atoms with van der Waals surface area (Å²) in [5, 5.41) is 3.34. The van der Waals surface area contributed by atoms with Crippen LogP contribution in [0.15, 0.2) is 30.5 Å². The summed E-state index contributed by atoms with van der Waals surface area (Å²) in [6.07, 6.45) is 7.02. The molecule has 0 saturated heterocycles. The van der Waals surface area contributed by atoms with Crippen molar-refractivity contribution in [3.05, 3.63) is 36.0 Å². The number of amides is 1. The summed E-state index contributed by atoms with van der Waals surface area (Å²) in [7, 11) is 3.35. The Balaban J connectivity index is 1.60. The van der Waals surface area contributed by atoms with Crippen molar-refractivity contribution in [3.63, 3.8) is 0 Å². The maximum Gasteiger partial charge on any atom is 0.234 e. The Morgan fingerprint density at radius 1 is 1.29 bits per heavy atom. The van der Waals surface area contributed by atoms with E-state index in [1.165, 1.54) is 20.0 Å². The van der Waals surface area contributed by atoms with E-state index in [4.69, 9.17) is 9.72 Å². The Kier molecular flexibility index (Phi) is 7.40. The summed E-state index contributed by atoms with van der Waals surface area (Å²) in [6.45, 7) is 6.71. The molecule has 1 aliphatic carbocycles. The molecule has 1 atom stereocenters. The highest BCUT2D eigenvalue weighted by Crippen LogP contribution is 2.40. The number of methoxy groups -OCH3 is 1. The van der Waals surface area contributed by atoms with Crippen LogP contribution in [-0.2, 0) is 20.7 Å². The van der Waals surface area contributed by atoms with Crippen LogP contribution in [0.25, 0.3) is 0 Å². The van der Waals surface area contributed by atoms with Crippen LogP contribution in [0.2, 0.25) is 0 Å². The van der Waals surface area contributed by atoms with Gasteiger partial charge < -0.3 is 19.9 Å². The summed E-state index contributed by atoms with van der Waals surface area (Å²) in [5.74, 6) is 1.35. The lowest BCUT2D eigenvalue weighted by Crippen LogP contribution is -2.45. The number of Topliss-reactive ketones (excluding diaryl/α,β-unsaturated/α-hetero) is 1. The van der Waals surface area contributed by atoms with Crippen molar-refractivity contribution < 1.29 is 14.3 Å². The minimum Gasteiger partial charge on any atom is -0.377 e. The number of nitrogens with one attached hydrogen (secondary N) is 1. The van der Waals surface area contributed by atoms with Crippen molar-refractivity contribution >= 4 is 34.8 Å². The normalized spacial score (nSPS) is 18.8. The summed E-state index contributed by atoms with van der Waals surface area (Å²) >= 11 is 0. The predicted molar refractivity (Wildman–Crippen MR) is 138 cm³/mol. The van der Waals surface area contributed by atoms with E-state index in [1.54, 1.807) is 11.1 Å². The molecule has 1 aliphatic heterocycles. The van der Waals surface area contributed by atoms with E-state index in [-0.39, 0.29) is 24.2 Å². The number of hydrogen-bond acceptors (Lipinski definition) is 7. The highest BCUT2D eigenvalue weighted by Gasteiger charge is 2.41. The third kappa shape index (κ3) is 5.48. The molecule has 1 aromatic carbocycles. The molecule has 2 heterocycles. The van der Waals surface area contributed by atoms with E-state index in [0.29, 0.717) is 25.0 Å². The second-order valence-corrected chi connectivity index (χ2v) is 10.5. The van der Waals surface area contributed by atoms with E-state index in [1.807, 2.05) is 52.1 Å². The zero-order valence-electron chi connectivity index (χ0n) is 21.5. The molecule has 2 aromatic rings. The number of carbonyl (C=O) groups excluding carboxylic acids is 2. The molecule has 1 fully saturated rings. The third-order valence-electron chi connectivity index (χ3n) is 7.16. The SMILES string of the molecule is COCC(=O)C(C)Cc1cccc(Nc2ncc3c(n2)N(C2CCCC2)CC(C)(C)C(=O)N3C)c1. The summed E-state index contributed by atoms with van der Waals surface area (Å²) < 4.78 is 4.99. The van der Waals surface area contributed by atoms with Gasteiger partial charge in [0, 0.05) is 38.3 Å². The molecule has 8 nitrogen and oxygen atoms in total. The summed E-state index contributed by atoms with van der Waals surface area (Å²) in [6, 6.07) is 8.36. The number of carbonyl (C=O) groups is 2. The first kappa shape index (κ1) is 25.1. The lowest BCUT2D eigenvalue weighted by atomic mass is 9.91. The smallest absolute Gasteiger partial charge is 0.234 e. The fraction of sp³-hybridized carbons (Fsp3) is 0.556. The van der Waals surface area contributed by atoms with Gasteiger partial charge in [0.2, 0.25) is 11.9 Å².